The average molecular weight is 401 g/mol. The van der Waals surface area contributed by atoms with Gasteiger partial charge in [-0.15, -0.1) is 0 Å². The molecule has 1 atom stereocenters. The molecule has 27 heavy (non-hydrogen) atoms. The van der Waals surface area contributed by atoms with Gasteiger partial charge in [0.05, 0.1) is 22.2 Å². The number of ether oxygens (including phenoxy) is 1. The van der Waals surface area contributed by atoms with Crippen LogP contribution >= 0.6 is 11.6 Å². The molecule has 4 nitrogen and oxygen atoms in total. The normalized spacial score (nSPS) is 12.2. The Hall–Kier alpha value is -2.76. The molecule has 0 heterocycles. The Morgan fingerprint density at radius 2 is 2.00 bits per heavy atom. The highest BCUT2D eigenvalue weighted by molar-refractivity contribution is 6.30. The van der Waals surface area contributed by atoms with Crippen LogP contribution in [0.2, 0.25) is 5.02 Å². The van der Waals surface area contributed by atoms with Crippen molar-refractivity contribution in [3.05, 3.63) is 70.6 Å². The Kier molecular flexibility index (Phi) is 6.31. The predicted octanol–water partition coefficient (Wildman–Crippen LogP) is 4.74. The van der Waals surface area contributed by atoms with E-state index in [1.54, 1.807) is 0 Å². The van der Waals surface area contributed by atoms with Crippen LogP contribution in [0.15, 0.2) is 48.7 Å². The maximum atomic E-state index is 13.3. The number of alkyl halides is 3. The lowest BCUT2D eigenvalue weighted by molar-refractivity contribution is -0.137. The SMILES string of the molecule is C=C(Nc1ccc(C#N)c(C(F)(F)F)c1)[C@H](O)COc1ccc(Cl)c(F)c1. The molecule has 2 aromatic carbocycles. The first-order valence-electron chi connectivity index (χ1n) is 7.45. The zero-order valence-corrected chi connectivity index (χ0v) is 14.4. The van der Waals surface area contributed by atoms with E-state index in [9.17, 15) is 22.7 Å². The van der Waals surface area contributed by atoms with E-state index in [2.05, 4.69) is 11.9 Å². The van der Waals surface area contributed by atoms with Crippen LogP contribution in [0.3, 0.4) is 0 Å². The van der Waals surface area contributed by atoms with Gasteiger partial charge >= 0.3 is 6.18 Å². The van der Waals surface area contributed by atoms with Gasteiger partial charge in [-0.25, -0.2) is 4.39 Å². The van der Waals surface area contributed by atoms with E-state index in [0.717, 1.165) is 18.2 Å². The van der Waals surface area contributed by atoms with Crippen molar-refractivity contribution in [1.29, 1.82) is 5.26 Å². The molecule has 0 aliphatic rings. The van der Waals surface area contributed by atoms with E-state index < -0.39 is 29.2 Å². The summed E-state index contributed by atoms with van der Waals surface area (Å²) in [7, 11) is 0. The number of hydrogen-bond acceptors (Lipinski definition) is 4. The first-order valence-corrected chi connectivity index (χ1v) is 7.82. The van der Waals surface area contributed by atoms with Crippen LogP contribution in [-0.4, -0.2) is 17.8 Å². The molecular weight excluding hydrogens is 388 g/mol. The molecule has 0 unspecified atom stereocenters. The van der Waals surface area contributed by atoms with Crippen LogP contribution in [0.4, 0.5) is 23.2 Å². The molecule has 0 radical (unpaired) electrons. The highest BCUT2D eigenvalue weighted by atomic mass is 35.5. The average Bonchev–Trinajstić information content (AvgIpc) is 2.61. The summed E-state index contributed by atoms with van der Waals surface area (Å²) in [6, 6.07) is 8.18. The number of nitrogens with zero attached hydrogens (tertiary/aromatic N) is 1. The highest BCUT2D eigenvalue weighted by Crippen LogP contribution is 2.33. The van der Waals surface area contributed by atoms with Crippen LogP contribution in [-0.2, 0) is 6.18 Å². The summed E-state index contributed by atoms with van der Waals surface area (Å²) in [5.74, 6) is -0.584. The molecule has 2 N–H and O–H groups in total. The Morgan fingerprint density at radius 3 is 2.59 bits per heavy atom. The van der Waals surface area contributed by atoms with Crippen LogP contribution in [0.25, 0.3) is 0 Å². The number of hydrogen-bond donors (Lipinski definition) is 2. The lowest BCUT2D eigenvalue weighted by Gasteiger charge is -2.18. The van der Waals surface area contributed by atoms with Gasteiger partial charge in [-0.05, 0) is 30.3 Å². The standard InChI is InChI=1S/C18H13ClF4N2O2/c1-10(17(26)9-27-13-4-5-15(19)16(20)7-13)25-12-3-2-11(8-24)14(6-12)18(21,22)23/h2-7,17,25-26H,1,9H2/t17-/m1/s1. The van der Waals surface area contributed by atoms with Gasteiger partial charge in [0, 0.05) is 17.5 Å². The number of halogens is 5. The van der Waals surface area contributed by atoms with Crippen LogP contribution < -0.4 is 10.1 Å². The molecule has 0 aliphatic heterocycles. The van der Waals surface area contributed by atoms with E-state index in [1.807, 2.05) is 0 Å². The molecule has 0 aliphatic carbocycles. The fraction of sp³-hybridized carbons (Fsp3) is 0.167. The number of rotatable bonds is 6. The van der Waals surface area contributed by atoms with Crippen molar-refractivity contribution in [2.45, 2.75) is 12.3 Å². The lowest BCUT2D eigenvalue weighted by atomic mass is 10.1. The van der Waals surface area contributed by atoms with Crippen LogP contribution in [0.5, 0.6) is 5.75 Å². The smallest absolute Gasteiger partial charge is 0.417 e. The summed E-state index contributed by atoms with van der Waals surface area (Å²) in [5, 5.41) is 21.2. The summed E-state index contributed by atoms with van der Waals surface area (Å²) in [5.41, 5.74) is -1.68. The summed E-state index contributed by atoms with van der Waals surface area (Å²) in [4.78, 5) is 0. The van der Waals surface area contributed by atoms with Crippen molar-refractivity contribution in [3.8, 4) is 11.8 Å². The predicted molar refractivity (Wildman–Crippen MR) is 91.8 cm³/mol. The number of nitrogens with one attached hydrogen (secondary N) is 1. The third-order valence-corrected chi connectivity index (χ3v) is 3.76. The molecule has 0 saturated carbocycles. The van der Waals surface area contributed by atoms with Crippen molar-refractivity contribution in [3.63, 3.8) is 0 Å². The minimum atomic E-state index is -4.70. The van der Waals surface area contributed by atoms with E-state index in [0.29, 0.717) is 0 Å². The lowest BCUT2D eigenvalue weighted by Crippen LogP contribution is -2.24. The van der Waals surface area contributed by atoms with Gasteiger partial charge in [0.25, 0.3) is 0 Å². The molecule has 0 bridgehead atoms. The Morgan fingerprint density at radius 1 is 1.30 bits per heavy atom. The fourth-order valence-electron chi connectivity index (χ4n) is 2.07. The molecular formula is C18H13ClF4N2O2. The second-order valence-corrected chi connectivity index (χ2v) is 5.83. The van der Waals surface area contributed by atoms with Crippen molar-refractivity contribution < 1.29 is 27.4 Å². The quantitative estimate of drug-likeness (QED) is 0.688. The number of aliphatic hydroxyl groups excluding tert-OH is 1. The Labute approximate surface area is 157 Å². The molecule has 0 saturated heterocycles. The second-order valence-electron chi connectivity index (χ2n) is 5.42. The van der Waals surface area contributed by atoms with E-state index in [4.69, 9.17) is 21.6 Å². The zero-order valence-electron chi connectivity index (χ0n) is 13.6. The molecule has 2 aromatic rings. The molecule has 0 fully saturated rings. The summed E-state index contributed by atoms with van der Waals surface area (Å²) >= 11 is 5.55. The van der Waals surface area contributed by atoms with Gasteiger partial charge in [0.2, 0.25) is 0 Å². The van der Waals surface area contributed by atoms with Gasteiger partial charge in [-0.3, -0.25) is 0 Å². The number of aliphatic hydroxyl groups is 1. The minimum absolute atomic E-state index is 0.0112. The molecule has 142 valence electrons. The van der Waals surface area contributed by atoms with Crippen LogP contribution in [0.1, 0.15) is 11.1 Å². The maximum Gasteiger partial charge on any atom is 0.417 e. The highest BCUT2D eigenvalue weighted by Gasteiger charge is 2.34. The van der Waals surface area contributed by atoms with Crippen molar-refractivity contribution in [2.75, 3.05) is 11.9 Å². The molecule has 0 amide bonds. The summed E-state index contributed by atoms with van der Waals surface area (Å²) < 4.78 is 57.4. The van der Waals surface area contributed by atoms with Gasteiger partial charge in [0.1, 0.15) is 24.3 Å². The molecule has 0 aromatic heterocycles. The zero-order chi connectivity index (χ0) is 20.2. The first kappa shape index (κ1) is 20.6. The van der Waals surface area contributed by atoms with Gasteiger partial charge < -0.3 is 15.2 Å². The maximum absolute atomic E-state index is 13.3. The number of anilines is 1. The molecule has 2 rings (SSSR count). The van der Waals surface area contributed by atoms with E-state index >= 15 is 0 Å². The third kappa shape index (κ3) is 5.36. The topological polar surface area (TPSA) is 65.3 Å². The van der Waals surface area contributed by atoms with E-state index in [1.165, 1.54) is 24.3 Å². The Balaban J connectivity index is 2.03. The third-order valence-electron chi connectivity index (χ3n) is 3.45. The van der Waals surface area contributed by atoms with E-state index in [-0.39, 0.29) is 28.8 Å². The minimum Gasteiger partial charge on any atom is -0.490 e. The van der Waals surface area contributed by atoms with Gasteiger partial charge in [-0.2, -0.15) is 18.4 Å². The second kappa shape index (κ2) is 8.29. The fourth-order valence-corrected chi connectivity index (χ4v) is 2.18. The molecule has 9 heteroatoms. The largest absolute Gasteiger partial charge is 0.490 e. The van der Waals surface area contributed by atoms with Crippen molar-refractivity contribution >= 4 is 17.3 Å². The van der Waals surface area contributed by atoms with Gasteiger partial charge in [-0.1, -0.05) is 18.2 Å². The van der Waals surface area contributed by atoms with Crippen molar-refractivity contribution in [2.24, 2.45) is 0 Å². The van der Waals surface area contributed by atoms with Gasteiger partial charge in [0.15, 0.2) is 0 Å². The van der Waals surface area contributed by atoms with Crippen molar-refractivity contribution in [1.82, 2.24) is 0 Å². The first-order chi connectivity index (χ1) is 12.6. The molecule has 0 spiro atoms. The summed E-state index contributed by atoms with van der Waals surface area (Å²) in [6.45, 7) is 3.22. The monoisotopic (exact) mass is 400 g/mol. The summed E-state index contributed by atoms with van der Waals surface area (Å²) in [6.07, 6.45) is -6.00. The van der Waals surface area contributed by atoms with Crippen LogP contribution in [0, 0.1) is 17.1 Å². The Bertz CT molecular complexity index is 894. The number of nitriles is 1. The number of benzene rings is 2.